The zero-order chi connectivity index (χ0) is 12.2. The second-order valence-corrected chi connectivity index (χ2v) is 5.22. The molecule has 0 atom stereocenters. The van der Waals surface area contributed by atoms with Crippen molar-refractivity contribution in [1.29, 1.82) is 0 Å². The van der Waals surface area contributed by atoms with Crippen LogP contribution in [0.5, 0.6) is 0 Å². The van der Waals surface area contributed by atoms with E-state index in [0.29, 0.717) is 12.5 Å². The molecule has 0 aromatic rings. The van der Waals surface area contributed by atoms with Gasteiger partial charge in [-0.25, -0.2) is 0 Å². The first-order chi connectivity index (χ1) is 7.66. The molecule has 2 N–H and O–H groups in total. The van der Waals surface area contributed by atoms with Gasteiger partial charge in [0.1, 0.15) is 0 Å². The van der Waals surface area contributed by atoms with Crippen LogP contribution in [-0.4, -0.2) is 37.0 Å². The first-order valence-electron chi connectivity index (χ1n) is 5.83. The standard InChI is InChI=1S/C12H24N2OS/c1-4-8-16-9-7-13-10-12(15)14-6-5-11(2)3/h4,11,13H,1,5-10H2,2-3H3,(H,14,15). The largest absolute Gasteiger partial charge is 0.355 e. The summed E-state index contributed by atoms with van der Waals surface area (Å²) in [6.45, 7) is 10.0. The van der Waals surface area contributed by atoms with E-state index < -0.39 is 0 Å². The monoisotopic (exact) mass is 244 g/mol. The van der Waals surface area contributed by atoms with Crippen LogP contribution in [0.3, 0.4) is 0 Å². The molecule has 0 aliphatic heterocycles. The summed E-state index contributed by atoms with van der Waals surface area (Å²) in [5, 5.41) is 6.01. The lowest BCUT2D eigenvalue weighted by Crippen LogP contribution is -2.35. The average Bonchev–Trinajstić information content (AvgIpc) is 2.22. The molecule has 0 heterocycles. The highest BCUT2D eigenvalue weighted by Gasteiger charge is 2.00. The fraction of sp³-hybridized carbons (Fsp3) is 0.750. The van der Waals surface area contributed by atoms with E-state index in [1.165, 1.54) is 0 Å². The normalized spacial score (nSPS) is 10.4. The maximum Gasteiger partial charge on any atom is 0.233 e. The van der Waals surface area contributed by atoms with Crippen molar-refractivity contribution in [3.63, 3.8) is 0 Å². The van der Waals surface area contributed by atoms with Crippen molar-refractivity contribution < 1.29 is 4.79 Å². The lowest BCUT2D eigenvalue weighted by Gasteiger charge is -2.07. The van der Waals surface area contributed by atoms with Gasteiger partial charge in [0.25, 0.3) is 0 Å². The van der Waals surface area contributed by atoms with Crippen molar-refractivity contribution in [3.05, 3.63) is 12.7 Å². The molecule has 1 amide bonds. The van der Waals surface area contributed by atoms with Gasteiger partial charge in [-0.2, -0.15) is 11.8 Å². The number of carbonyl (C=O) groups excluding carboxylic acids is 1. The van der Waals surface area contributed by atoms with Crippen molar-refractivity contribution >= 4 is 17.7 Å². The molecule has 0 saturated heterocycles. The van der Waals surface area contributed by atoms with Gasteiger partial charge in [0.15, 0.2) is 0 Å². The van der Waals surface area contributed by atoms with Crippen LogP contribution in [0.4, 0.5) is 0 Å². The van der Waals surface area contributed by atoms with Crippen LogP contribution in [0.15, 0.2) is 12.7 Å². The molecular weight excluding hydrogens is 220 g/mol. The van der Waals surface area contributed by atoms with Crippen LogP contribution in [0, 0.1) is 5.92 Å². The first-order valence-corrected chi connectivity index (χ1v) is 6.98. The Labute approximate surface area is 103 Å². The number of hydrogen-bond donors (Lipinski definition) is 2. The molecule has 0 spiro atoms. The molecule has 0 aromatic heterocycles. The summed E-state index contributed by atoms with van der Waals surface area (Å²) in [6.07, 6.45) is 2.93. The van der Waals surface area contributed by atoms with Crippen LogP contribution in [0.1, 0.15) is 20.3 Å². The summed E-state index contributed by atoms with van der Waals surface area (Å²) in [5.41, 5.74) is 0. The fourth-order valence-corrected chi connectivity index (χ4v) is 1.70. The van der Waals surface area contributed by atoms with E-state index in [1.807, 2.05) is 17.8 Å². The fourth-order valence-electron chi connectivity index (χ4n) is 1.08. The molecule has 0 fully saturated rings. The van der Waals surface area contributed by atoms with E-state index in [0.717, 1.165) is 31.0 Å². The lowest BCUT2D eigenvalue weighted by molar-refractivity contribution is -0.120. The quantitative estimate of drug-likeness (QED) is 0.453. The third kappa shape index (κ3) is 11.6. The molecule has 0 aromatic carbocycles. The number of rotatable bonds is 10. The van der Waals surface area contributed by atoms with Crippen LogP contribution in [-0.2, 0) is 4.79 Å². The minimum absolute atomic E-state index is 0.0920. The first kappa shape index (κ1) is 15.5. The molecule has 0 radical (unpaired) electrons. The van der Waals surface area contributed by atoms with Gasteiger partial charge in [0.2, 0.25) is 5.91 Å². The average molecular weight is 244 g/mol. The molecule has 0 rings (SSSR count). The molecule has 3 nitrogen and oxygen atoms in total. The summed E-state index contributed by atoms with van der Waals surface area (Å²) in [4.78, 5) is 11.3. The summed E-state index contributed by atoms with van der Waals surface area (Å²) in [6, 6.07) is 0. The summed E-state index contributed by atoms with van der Waals surface area (Å²) < 4.78 is 0. The molecule has 0 unspecified atom stereocenters. The Kier molecular flexibility index (Phi) is 10.7. The van der Waals surface area contributed by atoms with Crippen molar-refractivity contribution in [1.82, 2.24) is 10.6 Å². The van der Waals surface area contributed by atoms with E-state index in [9.17, 15) is 4.79 Å². The summed E-state index contributed by atoms with van der Waals surface area (Å²) in [5.74, 6) is 2.73. The Morgan fingerprint density at radius 3 is 2.81 bits per heavy atom. The minimum Gasteiger partial charge on any atom is -0.355 e. The predicted octanol–water partition coefficient (Wildman–Crippen LogP) is 1.66. The Bertz CT molecular complexity index is 195. The summed E-state index contributed by atoms with van der Waals surface area (Å²) >= 11 is 1.81. The highest BCUT2D eigenvalue weighted by molar-refractivity contribution is 7.99. The van der Waals surface area contributed by atoms with Gasteiger partial charge in [-0.15, -0.1) is 6.58 Å². The van der Waals surface area contributed by atoms with Crippen LogP contribution in [0.25, 0.3) is 0 Å². The maximum absolute atomic E-state index is 11.3. The van der Waals surface area contributed by atoms with Crippen molar-refractivity contribution in [2.45, 2.75) is 20.3 Å². The SMILES string of the molecule is C=CCSCCNCC(=O)NCCC(C)C. The van der Waals surface area contributed by atoms with Crippen molar-refractivity contribution in [2.24, 2.45) is 5.92 Å². The highest BCUT2D eigenvalue weighted by atomic mass is 32.2. The minimum atomic E-state index is 0.0920. The van der Waals surface area contributed by atoms with Crippen LogP contribution < -0.4 is 10.6 Å². The van der Waals surface area contributed by atoms with Crippen molar-refractivity contribution in [3.8, 4) is 0 Å². The van der Waals surface area contributed by atoms with E-state index in [-0.39, 0.29) is 5.91 Å². The Morgan fingerprint density at radius 1 is 1.44 bits per heavy atom. The van der Waals surface area contributed by atoms with Crippen molar-refractivity contribution in [2.75, 3.05) is 31.1 Å². The number of thioether (sulfide) groups is 1. The zero-order valence-corrected chi connectivity index (χ0v) is 11.2. The van der Waals surface area contributed by atoms with Gasteiger partial charge in [0.05, 0.1) is 6.54 Å². The van der Waals surface area contributed by atoms with Gasteiger partial charge >= 0.3 is 0 Å². The Balaban J connectivity index is 3.20. The molecule has 0 bridgehead atoms. The van der Waals surface area contributed by atoms with Gasteiger partial charge in [-0.05, 0) is 12.3 Å². The molecule has 0 aliphatic rings. The number of carbonyl (C=O) groups is 1. The maximum atomic E-state index is 11.3. The van der Waals surface area contributed by atoms with Gasteiger partial charge in [-0.1, -0.05) is 19.9 Å². The number of amides is 1. The van der Waals surface area contributed by atoms with Gasteiger partial charge < -0.3 is 10.6 Å². The Hall–Kier alpha value is -0.480. The van der Waals surface area contributed by atoms with E-state index in [2.05, 4.69) is 31.1 Å². The molecule has 0 aliphatic carbocycles. The zero-order valence-electron chi connectivity index (χ0n) is 10.4. The molecule has 4 heteroatoms. The van der Waals surface area contributed by atoms with Gasteiger partial charge in [-0.3, -0.25) is 4.79 Å². The molecule has 94 valence electrons. The Morgan fingerprint density at radius 2 is 2.19 bits per heavy atom. The third-order valence-electron chi connectivity index (χ3n) is 1.99. The second-order valence-electron chi connectivity index (χ2n) is 4.07. The van der Waals surface area contributed by atoms with E-state index in [4.69, 9.17) is 0 Å². The predicted molar refractivity (Wildman–Crippen MR) is 72.9 cm³/mol. The van der Waals surface area contributed by atoms with E-state index in [1.54, 1.807) is 0 Å². The molecule has 16 heavy (non-hydrogen) atoms. The highest BCUT2D eigenvalue weighted by Crippen LogP contribution is 1.97. The molecular formula is C12H24N2OS. The van der Waals surface area contributed by atoms with Gasteiger partial charge in [0, 0.05) is 24.6 Å². The number of hydrogen-bond acceptors (Lipinski definition) is 3. The second kappa shape index (κ2) is 11.0. The summed E-state index contributed by atoms with van der Waals surface area (Å²) in [7, 11) is 0. The van der Waals surface area contributed by atoms with E-state index >= 15 is 0 Å². The van der Waals surface area contributed by atoms with Crippen LogP contribution >= 0.6 is 11.8 Å². The smallest absolute Gasteiger partial charge is 0.233 e. The third-order valence-corrected chi connectivity index (χ3v) is 2.95. The molecule has 0 saturated carbocycles. The van der Waals surface area contributed by atoms with Crippen LogP contribution in [0.2, 0.25) is 0 Å². The topological polar surface area (TPSA) is 41.1 Å². The number of nitrogens with one attached hydrogen (secondary N) is 2. The lowest BCUT2D eigenvalue weighted by atomic mass is 10.1.